The summed E-state index contributed by atoms with van der Waals surface area (Å²) < 4.78 is 11.2. The molecule has 1 saturated heterocycles. The van der Waals surface area contributed by atoms with Crippen molar-refractivity contribution in [1.29, 1.82) is 0 Å². The van der Waals surface area contributed by atoms with E-state index in [-0.39, 0.29) is 6.61 Å². The minimum absolute atomic E-state index is 0.244. The molecular formula is C18H37N3O3. The van der Waals surface area contributed by atoms with Gasteiger partial charge in [-0.15, -0.1) is 0 Å². The zero-order valence-electron chi connectivity index (χ0n) is 15.6. The summed E-state index contributed by atoms with van der Waals surface area (Å²) in [6.45, 7) is 9.39. The van der Waals surface area contributed by atoms with Crippen LogP contribution in [0, 0.1) is 5.92 Å². The topological polar surface area (TPSA) is 75.1 Å². The molecule has 0 aliphatic carbocycles. The molecule has 1 atom stereocenters. The highest BCUT2D eigenvalue weighted by Crippen LogP contribution is 2.11. The van der Waals surface area contributed by atoms with Gasteiger partial charge in [0.25, 0.3) is 0 Å². The standard InChI is InChI=1S/C18H37N3O3/c1-3-6-16(7-11-22)15-21-18(19-4-2)20-10-5-12-24-17-8-13-23-14-9-17/h16-17,22H,3-15H2,1-2H3,(H2,19,20,21). The number of aliphatic hydroxyl groups excluding tert-OH is 1. The van der Waals surface area contributed by atoms with Crippen LogP contribution < -0.4 is 10.6 Å². The largest absolute Gasteiger partial charge is 0.396 e. The molecule has 3 N–H and O–H groups in total. The van der Waals surface area contributed by atoms with Crippen LogP contribution in [0.25, 0.3) is 0 Å². The maximum Gasteiger partial charge on any atom is 0.191 e. The second-order valence-electron chi connectivity index (χ2n) is 6.35. The maximum absolute atomic E-state index is 9.14. The van der Waals surface area contributed by atoms with Gasteiger partial charge in [-0.3, -0.25) is 4.99 Å². The van der Waals surface area contributed by atoms with Gasteiger partial charge >= 0.3 is 0 Å². The number of hydrogen-bond acceptors (Lipinski definition) is 4. The molecule has 1 rings (SSSR count). The van der Waals surface area contributed by atoms with Crippen molar-refractivity contribution in [2.45, 2.75) is 58.5 Å². The molecule has 0 aromatic heterocycles. The van der Waals surface area contributed by atoms with Gasteiger partial charge in [0.1, 0.15) is 0 Å². The van der Waals surface area contributed by atoms with Crippen molar-refractivity contribution >= 4 is 5.96 Å². The Morgan fingerprint density at radius 2 is 2.04 bits per heavy atom. The third kappa shape index (κ3) is 10.1. The van der Waals surface area contributed by atoms with Gasteiger partial charge in [0.15, 0.2) is 5.96 Å². The minimum atomic E-state index is 0.244. The van der Waals surface area contributed by atoms with Crippen LogP contribution in [0.3, 0.4) is 0 Å². The van der Waals surface area contributed by atoms with E-state index in [9.17, 15) is 0 Å². The first-order valence-corrected chi connectivity index (χ1v) is 9.62. The van der Waals surface area contributed by atoms with Crippen LogP contribution in [0.2, 0.25) is 0 Å². The summed E-state index contributed by atoms with van der Waals surface area (Å²) in [6, 6.07) is 0. The number of aliphatic imine (C=N–C) groups is 1. The molecule has 0 spiro atoms. The molecule has 1 heterocycles. The van der Waals surface area contributed by atoms with Gasteiger partial charge in [-0.1, -0.05) is 13.3 Å². The monoisotopic (exact) mass is 343 g/mol. The molecule has 1 aliphatic heterocycles. The fraction of sp³-hybridized carbons (Fsp3) is 0.944. The number of nitrogens with zero attached hydrogens (tertiary/aromatic N) is 1. The molecule has 24 heavy (non-hydrogen) atoms. The van der Waals surface area contributed by atoms with Gasteiger partial charge in [0.2, 0.25) is 0 Å². The lowest BCUT2D eigenvalue weighted by Gasteiger charge is -2.22. The highest BCUT2D eigenvalue weighted by molar-refractivity contribution is 5.79. The maximum atomic E-state index is 9.14. The van der Waals surface area contributed by atoms with Crippen molar-refractivity contribution in [1.82, 2.24) is 10.6 Å². The van der Waals surface area contributed by atoms with Crippen LogP contribution in [0.5, 0.6) is 0 Å². The first-order valence-electron chi connectivity index (χ1n) is 9.62. The Bertz CT molecular complexity index is 315. The minimum Gasteiger partial charge on any atom is -0.396 e. The van der Waals surface area contributed by atoms with Crippen LogP contribution in [0.15, 0.2) is 4.99 Å². The summed E-state index contributed by atoms with van der Waals surface area (Å²) in [5.74, 6) is 1.33. The normalized spacial score (nSPS) is 17.7. The predicted octanol–water partition coefficient (Wildman–Crippen LogP) is 1.93. The molecule has 0 amide bonds. The number of rotatable bonds is 12. The molecule has 1 unspecified atom stereocenters. The molecular weight excluding hydrogens is 306 g/mol. The number of aliphatic hydroxyl groups is 1. The highest BCUT2D eigenvalue weighted by atomic mass is 16.5. The number of hydrogen-bond donors (Lipinski definition) is 3. The van der Waals surface area contributed by atoms with Gasteiger partial charge in [0, 0.05) is 46.1 Å². The summed E-state index contributed by atoms with van der Waals surface area (Å²) in [4.78, 5) is 4.66. The zero-order chi connectivity index (χ0) is 17.5. The van der Waals surface area contributed by atoms with Crippen molar-refractivity contribution in [3.8, 4) is 0 Å². The third-order valence-electron chi connectivity index (χ3n) is 4.22. The number of guanidine groups is 1. The molecule has 0 aromatic carbocycles. The summed E-state index contributed by atoms with van der Waals surface area (Å²) in [5.41, 5.74) is 0. The predicted molar refractivity (Wildman–Crippen MR) is 98.5 cm³/mol. The van der Waals surface area contributed by atoms with E-state index >= 15 is 0 Å². The zero-order valence-corrected chi connectivity index (χ0v) is 15.6. The van der Waals surface area contributed by atoms with Gasteiger partial charge in [-0.2, -0.15) is 0 Å². The summed E-state index contributed by atoms with van der Waals surface area (Å²) in [5, 5.41) is 15.8. The third-order valence-corrected chi connectivity index (χ3v) is 4.22. The molecule has 6 nitrogen and oxygen atoms in total. The van der Waals surface area contributed by atoms with E-state index in [1.165, 1.54) is 0 Å². The fourth-order valence-electron chi connectivity index (χ4n) is 2.85. The van der Waals surface area contributed by atoms with Gasteiger partial charge < -0.3 is 25.2 Å². The van der Waals surface area contributed by atoms with Crippen molar-refractivity contribution in [3.05, 3.63) is 0 Å². The molecule has 0 aromatic rings. The Labute approximate surface area is 147 Å². The van der Waals surface area contributed by atoms with E-state index < -0.39 is 0 Å². The van der Waals surface area contributed by atoms with E-state index in [1.54, 1.807) is 0 Å². The van der Waals surface area contributed by atoms with Crippen molar-refractivity contribution in [2.24, 2.45) is 10.9 Å². The lowest BCUT2D eigenvalue weighted by molar-refractivity contribution is -0.0320. The molecule has 1 aliphatic rings. The first kappa shape index (κ1) is 21.2. The lowest BCUT2D eigenvalue weighted by atomic mass is 10.0. The van der Waals surface area contributed by atoms with Crippen LogP contribution in [0.4, 0.5) is 0 Å². The Balaban J connectivity index is 2.21. The van der Waals surface area contributed by atoms with Crippen molar-refractivity contribution in [2.75, 3.05) is 46.1 Å². The van der Waals surface area contributed by atoms with Gasteiger partial charge in [-0.05, 0) is 44.9 Å². The summed E-state index contributed by atoms with van der Waals surface area (Å²) in [6.07, 6.45) is 6.44. The molecule has 0 saturated carbocycles. The summed E-state index contributed by atoms with van der Waals surface area (Å²) >= 11 is 0. The van der Waals surface area contributed by atoms with Crippen LogP contribution >= 0.6 is 0 Å². The average Bonchev–Trinajstić information content (AvgIpc) is 2.60. The van der Waals surface area contributed by atoms with Crippen LogP contribution in [0.1, 0.15) is 52.4 Å². The van der Waals surface area contributed by atoms with E-state index in [0.717, 1.165) is 83.9 Å². The molecule has 0 bridgehead atoms. The van der Waals surface area contributed by atoms with Crippen LogP contribution in [-0.4, -0.2) is 63.2 Å². The Hall–Kier alpha value is -0.850. The van der Waals surface area contributed by atoms with E-state index in [4.69, 9.17) is 14.6 Å². The average molecular weight is 344 g/mol. The summed E-state index contributed by atoms with van der Waals surface area (Å²) in [7, 11) is 0. The van der Waals surface area contributed by atoms with E-state index in [2.05, 4.69) is 29.5 Å². The second-order valence-corrected chi connectivity index (χ2v) is 6.35. The van der Waals surface area contributed by atoms with Crippen molar-refractivity contribution in [3.63, 3.8) is 0 Å². The quantitative estimate of drug-likeness (QED) is 0.287. The van der Waals surface area contributed by atoms with Gasteiger partial charge in [0.05, 0.1) is 6.10 Å². The molecule has 0 radical (unpaired) electrons. The van der Waals surface area contributed by atoms with E-state index in [1.807, 2.05) is 0 Å². The number of nitrogens with one attached hydrogen (secondary N) is 2. The number of ether oxygens (including phenoxy) is 2. The van der Waals surface area contributed by atoms with E-state index in [0.29, 0.717) is 12.0 Å². The molecule has 142 valence electrons. The Kier molecular flexibility index (Phi) is 12.8. The van der Waals surface area contributed by atoms with Crippen molar-refractivity contribution < 1.29 is 14.6 Å². The van der Waals surface area contributed by atoms with Gasteiger partial charge in [-0.25, -0.2) is 0 Å². The first-order chi connectivity index (χ1) is 11.8. The fourth-order valence-corrected chi connectivity index (χ4v) is 2.85. The molecule has 6 heteroatoms. The SMILES string of the molecule is CCCC(CCO)CN=C(NCC)NCCCOC1CCOCC1. The Morgan fingerprint density at radius 1 is 1.25 bits per heavy atom. The Morgan fingerprint density at radius 3 is 2.71 bits per heavy atom. The highest BCUT2D eigenvalue weighted by Gasteiger charge is 2.13. The smallest absolute Gasteiger partial charge is 0.191 e. The second kappa shape index (κ2) is 14.5. The molecule has 1 fully saturated rings. The lowest BCUT2D eigenvalue weighted by Crippen LogP contribution is -2.38. The van der Waals surface area contributed by atoms with Crippen LogP contribution in [-0.2, 0) is 9.47 Å².